The standard InChI is InChI=1S/C19H23N3O4/c1-12-10-15(20-11-12)17(23)22-8-6-19(7-9-22,18(24)25)26-16-5-4-13(2)21-14(16)3/h4-5,10-11,20H,6-9H2,1-3H3,(H,24,25). The number of ether oxygens (including phenoxy) is 1. The molecule has 0 radical (unpaired) electrons. The van der Waals surface area contributed by atoms with Crippen molar-refractivity contribution < 1.29 is 19.4 Å². The number of hydrogen-bond acceptors (Lipinski definition) is 4. The normalized spacial score (nSPS) is 16.3. The minimum atomic E-state index is -1.34. The van der Waals surface area contributed by atoms with E-state index in [1.54, 1.807) is 36.2 Å². The Morgan fingerprint density at radius 2 is 1.92 bits per heavy atom. The molecule has 2 N–H and O–H groups in total. The number of carbonyl (C=O) groups is 2. The van der Waals surface area contributed by atoms with Crippen molar-refractivity contribution in [3.8, 4) is 5.75 Å². The van der Waals surface area contributed by atoms with Crippen LogP contribution in [-0.4, -0.2) is 50.5 Å². The summed E-state index contributed by atoms with van der Waals surface area (Å²) in [5, 5.41) is 9.79. The quantitative estimate of drug-likeness (QED) is 0.876. The molecule has 2 aromatic rings. The van der Waals surface area contributed by atoms with E-state index in [1.807, 2.05) is 13.8 Å². The molecule has 0 aliphatic carbocycles. The fourth-order valence-electron chi connectivity index (χ4n) is 3.22. The zero-order valence-electron chi connectivity index (χ0n) is 15.2. The maximum Gasteiger partial charge on any atom is 0.348 e. The highest BCUT2D eigenvalue weighted by Gasteiger charge is 2.45. The van der Waals surface area contributed by atoms with E-state index in [-0.39, 0.29) is 18.7 Å². The van der Waals surface area contributed by atoms with Crippen LogP contribution in [0.3, 0.4) is 0 Å². The number of aryl methyl sites for hydroxylation is 3. The molecule has 1 saturated heterocycles. The second-order valence-corrected chi connectivity index (χ2v) is 6.82. The van der Waals surface area contributed by atoms with Crippen molar-refractivity contribution in [3.05, 3.63) is 47.0 Å². The number of H-pyrrole nitrogens is 1. The average molecular weight is 357 g/mol. The summed E-state index contributed by atoms with van der Waals surface area (Å²) in [4.78, 5) is 33.4. The first kappa shape index (κ1) is 18.0. The predicted molar refractivity (Wildman–Crippen MR) is 95.4 cm³/mol. The lowest BCUT2D eigenvalue weighted by Gasteiger charge is -2.38. The maximum absolute atomic E-state index is 12.5. The highest BCUT2D eigenvalue weighted by Crippen LogP contribution is 2.31. The van der Waals surface area contributed by atoms with E-state index in [2.05, 4.69) is 9.97 Å². The Balaban J connectivity index is 1.74. The van der Waals surface area contributed by atoms with Crippen molar-refractivity contribution in [2.45, 2.75) is 39.2 Å². The van der Waals surface area contributed by atoms with Gasteiger partial charge in [-0.05, 0) is 44.5 Å². The van der Waals surface area contributed by atoms with Gasteiger partial charge in [-0.1, -0.05) is 0 Å². The number of nitrogens with one attached hydrogen (secondary N) is 1. The van der Waals surface area contributed by atoms with Gasteiger partial charge in [-0.15, -0.1) is 0 Å². The second-order valence-electron chi connectivity index (χ2n) is 6.82. The molecule has 2 aromatic heterocycles. The van der Waals surface area contributed by atoms with Crippen molar-refractivity contribution in [3.63, 3.8) is 0 Å². The van der Waals surface area contributed by atoms with Gasteiger partial charge < -0.3 is 19.7 Å². The van der Waals surface area contributed by atoms with Gasteiger partial charge in [-0.3, -0.25) is 9.78 Å². The van der Waals surface area contributed by atoms with Crippen molar-refractivity contribution >= 4 is 11.9 Å². The molecular formula is C19H23N3O4. The number of pyridine rings is 1. The fourth-order valence-corrected chi connectivity index (χ4v) is 3.22. The molecule has 1 amide bonds. The molecule has 1 fully saturated rings. The monoisotopic (exact) mass is 357 g/mol. The number of aliphatic carboxylic acids is 1. The predicted octanol–water partition coefficient (Wildman–Crippen LogP) is 2.47. The molecule has 3 heterocycles. The molecule has 7 heteroatoms. The number of aromatic nitrogens is 2. The number of piperidine rings is 1. The van der Waals surface area contributed by atoms with Crippen molar-refractivity contribution in [2.24, 2.45) is 0 Å². The van der Waals surface area contributed by atoms with Crippen LogP contribution in [0, 0.1) is 20.8 Å². The van der Waals surface area contributed by atoms with Crippen LogP contribution >= 0.6 is 0 Å². The summed E-state index contributed by atoms with van der Waals surface area (Å²) in [6, 6.07) is 5.34. The smallest absolute Gasteiger partial charge is 0.348 e. The molecule has 1 aliphatic heterocycles. The number of nitrogens with zero attached hydrogens (tertiary/aromatic N) is 2. The largest absolute Gasteiger partial charge is 0.478 e. The zero-order valence-corrected chi connectivity index (χ0v) is 15.2. The number of aromatic amines is 1. The zero-order chi connectivity index (χ0) is 18.9. The molecule has 26 heavy (non-hydrogen) atoms. The number of carbonyl (C=O) groups excluding carboxylic acids is 1. The summed E-state index contributed by atoms with van der Waals surface area (Å²) in [5.41, 5.74) is 1.66. The Morgan fingerprint density at radius 1 is 1.23 bits per heavy atom. The van der Waals surface area contributed by atoms with Crippen molar-refractivity contribution in [1.29, 1.82) is 0 Å². The van der Waals surface area contributed by atoms with Crippen LogP contribution in [0.4, 0.5) is 0 Å². The van der Waals surface area contributed by atoms with E-state index in [0.717, 1.165) is 11.3 Å². The van der Waals surface area contributed by atoms with E-state index >= 15 is 0 Å². The van der Waals surface area contributed by atoms with Gasteiger partial charge in [-0.2, -0.15) is 0 Å². The van der Waals surface area contributed by atoms with Crippen LogP contribution in [0.1, 0.15) is 40.3 Å². The minimum Gasteiger partial charge on any atom is -0.478 e. The average Bonchev–Trinajstić information content (AvgIpc) is 3.04. The number of carboxylic acid groups (broad SMARTS) is 1. The lowest BCUT2D eigenvalue weighted by Crippen LogP contribution is -2.54. The lowest BCUT2D eigenvalue weighted by atomic mass is 9.90. The van der Waals surface area contributed by atoms with Crippen molar-refractivity contribution in [2.75, 3.05) is 13.1 Å². The van der Waals surface area contributed by atoms with Gasteiger partial charge in [0.05, 0.1) is 5.69 Å². The highest BCUT2D eigenvalue weighted by molar-refractivity contribution is 5.93. The molecule has 0 saturated carbocycles. The number of amides is 1. The molecule has 1 aliphatic rings. The number of hydrogen-bond donors (Lipinski definition) is 2. The second kappa shape index (κ2) is 6.82. The number of rotatable bonds is 4. The third-order valence-corrected chi connectivity index (χ3v) is 4.79. The first-order chi connectivity index (χ1) is 12.3. The third kappa shape index (κ3) is 3.42. The molecule has 0 aromatic carbocycles. The Bertz CT molecular complexity index is 835. The van der Waals surface area contributed by atoms with Gasteiger partial charge in [0.25, 0.3) is 5.91 Å². The summed E-state index contributed by atoms with van der Waals surface area (Å²) in [6.45, 7) is 6.22. The van der Waals surface area contributed by atoms with Crippen LogP contribution in [0.15, 0.2) is 24.4 Å². The number of likely N-dealkylation sites (tertiary alicyclic amines) is 1. The van der Waals surface area contributed by atoms with E-state index < -0.39 is 11.6 Å². The lowest BCUT2D eigenvalue weighted by molar-refractivity contribution is -0.159. The van der Waals surface area contributed by atoms with Crippen LogP contribution in [0.2, 0.25) is 0 Å². The Morgan fingerprint density at radius 3 is 2.46 bits per heavy atom. The van der Waals surface area contributed by atoms with Gasteiger partial charge in [-0.25, -0.2) is 4.79 Å². The van der Waals surface area contributed by atoms with Gasteiger partial charge >= 0.3 is 5.97 Å². The molecule has 0 atom stereocenters. The van der Waals surface area contributed by atoms with Gasteiger partial charge in [0.2, 0.25) is 5.60 Å². The third-order valence-electron chi connectivity index (χ3n) is 4.79. The summed E-state index contributed by atoms with van der Waals surface area (Å²) in [5.74, 6) is -0.664. The van der Waals surface area contributed by atoms with E-state index in [1.165, 1.54) is 0 Å². The van der Waals surface area contributed by atoms with Crippen LogP contribution in [-0.2, 0) is 4.79 Å². The molecular weight excluding hydrogens is 334 g/mol. The van der Waals surface area contributed by atoms with Crippen LogP contribution in [0.5, 0.6) is 5.75 Å². The highest BCUT2D eigenvalue weighted by atomic mass is 16.5. The molecule has 3 rings (SSSR count). The topological polar surface area (TPSA) is 95.5 Å². The molecule has 7 nitrogen and oxygen atoms in total. The summed E-state index contributed by atoms with van der Waals surface area (Å²) in [6.07, 6.45) is 2.22. The van der Waals surface area contributed by atoms with E-state index in [9.17, 15) is 14.7 Å². The molecule has 138 valence electrons. The van der Waals surface area contributed by atoms with E-state index in [0.29, 0.717) is 30.2 Å². The molecule has 0 unspecified atom stereocenters. The van der Waals surface area contributed by atoms with Crippen molar-refractivity contribution in [1.82, 2.24) is 14.9 Å². The SMILES string of the molecule is Cc1c[nH]c(C(=O)N2CCC(Oc3ccc(C)nc3C)(C(=O)O)CC2)c1. The fraction of sp³-hybridized carbons (Fsp3) is 0.421. The minimum absolute atomic E-state index is 0.120. The van der Waals surface area contributed by atoms with E-state index in [4.69, 9.17) is 4.74 Å². The van der Waals surface area contributed by atoms with Gasteiger partial charge in [0.15, 0.2) is 0 Å². The summed E-state index contributed by atoms with van der Waals surface area (Å²) in [7, 11) is 0. The Kier molecular flexibility index (Phi) is 4.71. The Labute approximate surface area is 152 Å². The molecule has 0 spiro atoms. The van der Waals surface area contributed by atoms with Crippen LogP contribution in [0.25, 0.3) is 0 Å². The summed E-state index contributed by atoms with van der Waals surface area (Å²) >= 11 is 0. The number of carboxylic acids is 1. The first-order valence-corrected chi connectivity index (χ1v) is 8.62. The first-order valence-electron chi connectivity index (χ1n) is 8.62. The van der Waals surface area contributed by atoms with Gasteiger partial charge in [0.1, 0.15) is 11.4 Å². The Hall–Kier alpha value is -2.83. The summed E-state index contributed by atoms with van der Waals surface area (Å²) < 4.78 is 5.92. The molecule has 0 bridgehead atoms. The van der Waals surface area contributed by atoms with Crippen LogP contribution < -0.4 is 4.74 Å². The maximum atomic E-state index is 12.5. The van der Waals surface area contributed by atoms with Gasteiger partial charge in [0, 0.05) is 37.8 Å².